The number of amidine groups is 1. The monoisotopic (exact) mass is 202 g/mol. The second kappa shape index (κ2) is 2.84. The van der Waals surface area contributed by atoms with Gasteiger partial charge in [-0.25, -0.2) is 0 Å². The molecule has 0 aromatic rings. The lowest BCUT2D eigenvalue weighted by molar-refractivity contribution is -0.0882. The van der Waals surface area contributed by atoms with Crippen LogP contribution in [0.2, 0.25) is 0 Å². The normalized spacial score (nSPS) is 22.1. The van der Waals surface area contributed by atoms with Crippen molar-refractivity contribution in [2.24, 2.45) is 4.99 Å². The highest BCUT2D eigenvalue weighted by Crippen LogP contribution is 2.30. The predicted octanol–water partition coefficient (Wildman–Crippen LogP) is 1.16. The molecule has 2 radical (unpaired) electrons. The maximum absolute atomic E-state index is 12.5. The van der Waals surface area contributed by atoms with Crippen LogP contribution in [0.15, 0.2) is 23.0 Å². The molecule has 6 heteroatoms. The van der Waals surface area contributed by atoms with Gasteiger partial charge >= 0.3 is 6.18 Å². The lowest BCUT2D eigenvalue weighted by Crippen LogP contribution is -2.45. The number of rotatable bonds is 0. The van der Waals surface area contributed by atoms with E-state index in [9.17, 15) is 13.2 Å². The fourth-order valence-electron chi connectivity index (χ4n) is 1.37. The summed E-state index contributed by atoms with van der Waals surface area (Å²) in [4.78, 5) is 6.42. The van der Waals surface area contributed by atoms with Crippen LogP contribution in [0, 0.1) is 6.20 Å². The van der Waals surface area contributed by atoms with Crippen molar-refractivity contribution >= 4 is 5.84 Å². The molecular formula is C8H7F3N3+. The molecule has 3 nitrogen and oxygen atoms in total. The van der Waals surface area contributed by atoms with Crippen molar-refractivity contribution < 1.29 is 13.2 Å². The Bertz CT molecular complexity index is 340. The van der Waals surface area contributed by atoms with Gasteiger partial charge in [0.15, 0.2) is 18.0 Å². The number of alkyl halides is 3. The number of aliphatic imine (C=N–C) groups is 1. The zero-order valence-corrected chi connectivity index (χ0v) is 7.34. The zero-order valence-electron chi connectivity index (χ0n) is 7.34. The van der Waals surface area contributed by atoms with Gasteiger partial charge in [-0.15, -0.1) is 0 Å². The van der Waals surface area contributed by atoms with Gasteiger partial charge in [0.05, 0.1) is 0 Å². The molecule has 0 N–H and O–H groups in total. The lowest BCUT2D eigenvalue weighted by atomic mass is 10.2. The van der Waals surface area contributed by atoms with Crippen molar-refractivity contribution in [1.29, 1.82) is 0 Å². The molecule has 14 heavy (non-hydrogen) atoms. The molecule has 0 bridgehead atoms. The number of nitrogens with zero attached hydrogens (tertiary/aromatic N) is 3. The van der Waals surface area contributed by atoms with Gasteiger partial charge in [-0.1, -0.05) is 4.90 Å². The van der Waals surface area contributed by atoms with E-state index in [1.807, 2.05) is 0 Å². The Morgan fingerprint density at radius 3 is 2.93 bits per heavy atom. The zero-order chi connectivity index (χ0) is 10.3. The van der Waals surface area contributed by atoms with Crippen molar-refractivity contribution in [3.05, 3.63) is 24.2 Å². The van der Waals surface area contributed by atoms with Crippen LogP contribution in [0.1, 0.15) is 0 Å². The van der Waals surface area contributed by atoms with Gasteiger partial charge < -0.3 is 4.90 Å². The molecule has 0 saturated carbocycles. The molecule has 0 aromatic heterocycles. The number of fused-ring (bicyclic) bond motifs is 1. The highest BCUT2D eigenvalue weighted by molar-refractivity contribution is 6.03. The van der Waals surface area contributed by atoms with Gasteiger partial charge in [-0.3, -0.25) is 0 Å². The third-order valence-electron chi connectivity index (χ3n) is 1.93. The molecule has 0 saturated heterocycles. The fourth-order valence-corrected chi connectivity index (χ4v) is 1.37. The molecule has 0 fully saturated rings. The number of halogens is 3. The van der Waals surface area contributed by atoms with Crippen molar-refractivity contribution in [2.75, 3.05) is 13.7 Å². The van der Waals surface area contributed by atoms with Gasteiger partial charge in [0.2, 0.25) is 6.67 Å². The van der Waals surface area contributed by atoms with Crippen LogP contribution in [0.4, 0.5) is 13.2 Å². The Morgan fingerprint density at radius 1 is 1.57 bits per heavy atom. The van der Waals surface area contributed by atoms with Crippen LogP contribution < -0.4 is 4.90 Å². The maximum Gasteiger partial charge on any atom is 0.425 e. The van der Waals surface area contributed by atoms with Crippen LogP contribution >= 0.6 is 0 Å². The lowest BCUT2D eigenvalue weighted by Gasteiger charge is -2.22. The van der Waals surface area contributed by atoms with E-state index in [2.05, 4.69) is 11.2 Å². The summed E-state index contributed by atoms with van der Waals surface area (Å²) in [6.07, 6.45) is 0.498. The summed E-state index contributed by atoms with van der Waals surface area (Å²) in [5.41, 5.74) is -0.729. The molecule has 0 aromatic carbocycles. The molecule has 2 aliphatic heterocycles. The summed E-state index contributed by atoms with van der Waals surface area (Å²) < 4.78 is 37.5. The number of hydrogen-bond acceptors (Lipinski definition) is 3. The van der Waals surface area contributed by atoms with Gasteiger partial charge in [0.25, 0.3) is 5.84 Å². The molecule has 0 aliphatic carbocycles. The molecule has 2 aliphatic rings. The first kappa shape index (κ1) is 9.26. The Morgan fingerprint density at radius 2 is 2.29 bits per heavy atom. The van der Waals surface area contributed by atoms with Gasteiger partial charge in [0.1, 0.15) is 0 Å². The molecule has 0 unspecified atom stereocenters. The molecule has 0 amide bonds. The second-order valence-electron chi connectivity index (χ2n) is 3.10. The average molecular weight is 202 g/mol. The summed E-state index contributed by atoms with van der Waals surface area (Å²) in [6, 6.07) is 0. The van der Waals surface area contributed by atoms with Crippen LogP contribution in [-0.4, -0.2) is 30.6 Å². The molecule has 2 rings (SSSR count). The van der Waals surface area contributed by atoms with Crippen molar-refractivity contribution in [1.82, 2.24) is 9.80 Å². The summed E-state index contributed by atoms with van der Waals surface area (Å²) in [5.74, 6) is -0.0735. The smallest absolute Gasteiger partial charge is 0.329 e. The minimum absolute atomic E-state index is 0.0735. The second-order valence-corrected chi connectivity index (χ2v) is 3.10. The summed E-state index contributed by atoms with van der Waals surface area (Å²) in [7, 11) is 1.58. The molecule has 2 heterocycles. The quantitative estimate of drug-likeness (QED) is 0.540. The third kappa shape index (κ3) is 1.41. The molecule has 0 atom stereocenters. The predicted molar refractivity (Wildman–Crippen MR) is 44.2 cm³/mol. The number of hydrogen-bond donors (Lipinski definition) is 0. The summed E-state index contributed by atoms with van der Waals surface area (Å²) >= 11 is 0. The highest BCUT2D eigenvalue weighted by atomic mass is 19.4. The first-order valence-electron chi connectivity index (χ1n) is 3.91. The summed E-state index contributed by atoms with van der Waals surface area (Å²) in [5, 5.41) is 0. The Hall–Kier alpha value is -1.30. The minimum atomic E-state index is -4.37. The topological polar surface area (TPSA) is 21.5 Å². The van der Waals surface area contributed by atoms with Crippen molar-refractivity contribution in [3.63, 3.8) is 0 Å². The van der Waals surface area contributed by atoms with Gasteiger partial charge in [-0.2, -0.15) is 18.2 Å². The maximum atomic E-state index is 12.5. The SMILES string of the molecule is CN1C=C(C(F)(F)F)C2=N[C]=C[N+]2C1. The van der Waals surface area contributed by atoms with Gasteiger partial charge in [0, 0.05) is 13.2 Å². The van der Waals surface area contributed by atoms with Crippen molar-refractivity contribution in [2.45, 2.75) is 6.18 Å². The fraction of sp³-hybridized carbons (Fsp3) is 0.375. The van der Waals surface area contributed by atoms with Crippen LogP contribution in [0.5, 0.6) is 0 Å². The van der Waals surface area contributed by atoms with E-state index >= 15 is 0 Å². The van der Waals surface area contributed by atoms with Gasteiger partial charge in [-0.05, 0) is 0 Å². The van der Waals surface area contributed by atoms with E-state index in [-0.39, 0.29) is 5.84 Å². The van der Waals surface area contributed by atoms with Crippen LogP contribution in [0.3, 0.4) is 0 Å². The largest absolute Gasteiger partial charge is 0.425 e. The minimum Gasteiger partial charge on any atom is -0.329 e. The Balaban J connectivity index is 2.39. The first-order valence-corrected chi connectivity index (χ1v) is 3.91. The van der Waals surface area contributed by atoms with E-state index in [1.165, 1.54) is 16.0 Å². The first-order chi connectivity index (χ1) is 6.48. The van der Waals surface area contributed by atoms with Crippen LogP contribution in [0.25, 0.3) is 0 Å². The average Bonchev–Trinajstić information content (AvgIpc) is 2.47. The van der Waals surface area contributed by atoms with Crippen molar-refractivity contribution in [3.8, 4) is 0 Å². The Labute approximate surface area is 78.8 Å². The summed E-state index contributed by atoms with van der Waals surface area (Å²) in [6.45, 7) is 0.366. The van der Waals surface area contributed by atoms with E-state index < -0.39 is 11.7 Å². The van der Waals surface area contributed by atoms with E-state index in [4.69, 9.17) is 0 Å². The standard InChI is InChI=1S/C8H7F3N3/c1-13-4-6(8(9,10)11)7-12-2-3-14(7)5-13/h3-4H,5H2,1H3/q+1. The third-order valence-corrected chi connectivity index (χ3v) is 1.93. The molecule has 74 valence electrons. The van der Waals surface area contributed by atoms with Crippen LogP contribution in [-0.2, 0) is 0 Å². The van der Waals surface area contributed by atoms with E-state index in [0.717, 1.165) is 6.20 Å². The van der Waals surface area contributed by atoms with E-state index in [0.29, 0.717) is 6.67 Å². The highest BCUT2D eigenvalue weighted by Gasteiger charge is 2.48. The Kier molecular flexibility index (Phi) is 1.88. The molecule has 0 spiro atoms. The van der Waals surface area contributed by atoms with E-state index in [1.54, 1.807) is 7.05 Å². The molecular weight excluding hydrogens is 195 g/mol.